The van der Waals surface area contributed by atoms with Gasteiger partial charge in [-0.2, -0.15) is 0 Å². The van der Waals surface area contributed by atoms with Crippen LogP contribution in [0.3, 0.4) is 0 Å². The zero-order chi connectivity index (χ0) is 11.9. The summed E-state index contributed by atoms with van der Waals surface area (Å²) in [6, 6.07) is 6.34. The molecule has 0 aliphatic heterocycles. The highest BCUT2D eigenvalue weighted by molar-refractivity contribution is 5.94. The van der Waals surface area contributed by atoms with Crippen molar-refractivity contribution >= 4 is 16.8 Å². The van der Waals surface area contributed by atoms with E-state index in [2.05, 4.69) is 18.8 Å². The molecule has 0 unspecified atom stereocenters. The van der Waals surface area contributed by atoms with Crippen molar-refractivity contribution in [3.05, 3.63) is 29.6 Å². The van der Waals surface area contributed by atoms with Crippen LogP contribution in [0.2, 0.25) is 0 Å². The Morgan fingerprint density at radius 1 is 1.38 bits per heavy atom. The minimum Gasteiger partial charge on any atom is -0.319 e. The van der Waals surface area contributed by atoms with E-state index >= 15 is 0 Å². The lowest BCUT2D eigenvalue weighted by atomic mass is 10.2. The lowest BCUT2D eigenvalue weighted by molar-refractivity contribution is 0.0998. The second-order valence-electron chi connectivity index (χ2n) is 4.45. The Hall–Kier alpha value is -1.64. The van der Waals surface area contributed by atoms with E-state index in [4.69, 9.17) is 0 Å². The molecule has 0 saturated heterocycles. The SMILES string of the molecule is CC(=O)c1nc2cc(C)ccc2n1C(C)C. The number of carbonyl (C=O) groups is 1. The zero-order valence-electron chi connectivity index (χ0n) is 10.1. The predicted octanol–water partition coefficient (Wildman–Crippen LogP) is 3.13. The molecule has 3 heteroatoms. The normalized spacial score (nSPS) is 11.3. The number of benzene rings is 1. The number of rotatable bonds is 2. The number of imidazole rings is 1. The third-order valence-electron chi connectivity index (χ3n) is 2.68. The molecule has 84 valence electrons. The molecule has 1 aromatic heterocycles. The minimum atomic E-state index is 0.0163. The third kappa shape index (κ3) is 1.62. The summed E-state index contributed by atoms with van der Waals surface area (Å²) in [7, 11) is 0. The fraction of sp³-hybridized carbons (Fsp3) is 0.385. The Bertz CT molecular complexity index is 552. The lowest BCUT2D eigenvalue weighted by Gasteiger charge is -2.11. The molecule has 0 saturated carbocycles. The predicted molar refractivity (Wildman–Crippen MR) is 64.9 cm³/mol. The molecule has 3 nitrogen and oxygen atoms in total. The van der Waals surface area contributed by atoms with Gasteiger partial charge in [-0.15, -0.1) is 0 Å². The van der Waals surface area contributed by atoms with Gasteiger partial charge in [0.25, 0.3) is 0 Å². The van der Waals surface area contributed by atoms with Gasteiger partial charge in [0.05, 0.1) is 11.0 Å². The van der Waals surface area contributed by atoms with Crippen molar-refractivity contribution in [2.75, 3.05) is 0 Å². The average molecular weight is 216 g/mol. The van der Waals surface area contributed by atoms with Crippen LogP contribution < -0.4 is 0 Å². The molecule has 0 spiro atoms. The van der Waals surface area contributed by atoms with Gasteiger partial charge in [-0.3, -0.25) is 4.79 Å². The Morgan fingerprint density at radius 2 is 2.06 bits per heavy atom. The van der Waals surface area contributed by atoms with Crippen molar-refractivity contribution in [2.45, 2.75) is 33.7 Å². The summed E-state index contributed by atoms with van der Waals surface area (Å²) in [5.74, 6) is 0.568. The van der Waals surface area contributed by atoms with Gasteiger partial charge in [0.1, 0.15) is 0 Å². The monoisotopic (exact) mass is 216 g/mol. The molecule has 0 radical (unpaired) electrons. The van der Waals surface area contributed by atoms with Crippen LogP contribution in [0.1, 0.15) is 43.0 Å². The smallest absolute Gasteiger partial charge is 0.195 e. The van der Waals surface area contributed by atoms with Crippen LogP contribution >= 0.6 is 0 Å². The highest BCUT2D eigenvalue weighted by atomic mass is 16.1. The fourth-order valence-electron chi connectivity index (χ4n) is 1.98. The van der Waals surface area contributed by atoms with E-state index in [1.807, 2.05) is 29.7 Å². The first-order chi connectivity index (χ1) is 7.50. The quantitative estimate of drug-likeness (QED) is 0.723. The molecule has 0 aliphatic carbocycles. The molecular weight excluding hydrogens is 200 g/mol. The first kappa shape index (κ1) is 10.9. The summed E-state index contributed by atoms with van der Waals surface area (Å²) in [6.07, 6.45) is 0. The minimum absolute atomic E-state index is 0.0163. The van der Waals surface area contributed by atoms with E-state index < -0.39 is 0 Å². The second kappa shape index (κ2) is 3.74. The van der Waals surface area contributed by atoms with Gasteiger partial charge in [0.2, 0.25) is 0 Å². The first-order valence-corrected chi connectivity index (χ1v) is 5.50. The van der Waals surface area contributed by atoms with Crippen molar-refractivity contribution in [2.24, 2.45) is 0 Å². The number of nitrogens with zero attached hydrogens (tertiary/aromatic N) is 2. The molecule has 0 bridgehead atoms. The van der Waals surface area contributed by atoms with Crippen LogP contribution in [0.5, 0.6) is 0 Å². The van der Waals surface area contributed by atoms with Gasteiger partial charge in [0, 0.05) is 13.0 Å². The van der Waals surface area contributed by atoms with Crippen molar-refractivity contribution in [3.63, 3.8) is 0 Å². The van der Waals surface area contributed by atoms with Crippen LogP contribution in [0.25, 0.3) is 11.0 Å². The maximum absolute atomic E-state index is 11.5. The number of fused-ring (bicyclic) bond motifs is 1. The highest BCUT2D eigenvalue weighted by Gasteiger charge is 2.15. The van der Waals surface area contributed by atoms with E-state index in [-0.39, 0.29) is 11.8 Å². The van der Waals surface area contributed by atoms with Crippen LogP contribution in [0, 0.1) is 6.92 Å². The number of carbonyl (C=O) groups excluding carboxylic acids is 1. The van der Waals surface area contributed by atoms with E-state index in [9.17, 15) is 4.79 Å². The Balaban J connectivity index is 2.81. The molecule has 1 aromatic carbocycles. The number of aryl methyl sites for hydroxylation is 1. The van der Waals surface area contributed by atoms with Crippen molar-refractivity contribution in [1.82, 2.24) is 9.55 Å². The van der Waals surface area contributed by atoms with Crippen molar-refractivity contribution in [3.8, 4) is 0 Å². The van der Waals surface area contributed by atoms with Crippen LogP contribution in [-0.2, 0) is 0 Å². The van der Waals surface area contributed by atoms with Crippen LogP contribution in [0.4, 0.5) is 0 Å². The number of Topliss-reactive ketones (excluding diaryl/α,β-unsaturated/α-hetero) is 1. The standard InChI is InChI=1S/C13H16N2O/c1-8(2)15-12-6-5-9(3)7-11(12)14-13(15)10(4)16/h5-8H,1-4H3. The molecular formula is C13H16N2O. The lowest BCUT2D eigenvalue weighted by Crippen LogP contribution is -2.09. The van der Waals surface area contributed by atoms with Gasteiger partial charge in [-0.1, -0.05) is 6.07 Å². The first-order valence-electron chi connectivity index (χ1n) is 5.50. The van der Waals surface area contributed by atoms with Gasteiger partial charge in [-0.05, 0) is 38.5 Å². The van der Waals surface area contributed by atoms with Gasteiger partial charge >= 0.3 is 0 Å². The summed E-state index contributed by atoms with van der Waals surface area (Å²) in [5, 5.41) is 0. The molecule has 0 atom stereocenters. The van der Waals surface area contributed by atoms with E-state index in [0.717, 1.165) is 16.6 Å². The summed E-state index contributed by atoms with van der Waals surface area (Å²) in [5.41, 5.74) is 3.10. The number of hydrogen-bond donors (Lipinski definition) is 0. The molecule has 1 heterocycles. The zero-order valence-corrected chi connectivity index (χ0v) is 10.1. The molecule has 2 aromatic rings. The Kier molecular flexibility index (Phi) is 2.54. The van der Waals surface area contributed by atoms with Gasteiger partial charge in [0.15, 0.2) is 11.6 Å². The van der Waals surface area contributed by atoms with E-state index in [1.54, 1.807) is 6.92 Å². The average Bonchev–Trinajstić information content (AvgIpc) is 2.55. The van der Waals surface area contributed by atoms with Crippen LogP contribution in [-0.4, -0.2) is 15.3 Å². The topological polar surface area (TPSA) is 34.9 Å². The summed E-state index contributed by atoms with van der Waals surface area (Å²) in [6.45, 7) is 7.72. The highest BCUT2D eigenvalue weighted by Crippen LogP contribution is 2.22. The largest absolute Gasteiger partial charge is 0.319 e. The second-order valence-corrected chi connectivity index (χ2v) is 4.45. The van der Waals surface area contributed by atoms with Gasteiger partial charge < -0.3 is 4.57 Å². The number of ketones is 1. The Morgan fingerprint density at radius 3 is 2.62 bits per heavy atom. The maximum atomic E-state index is 11.5. The summed E-state index contributed by atoms with van der Waals surface area (Å²) < 4.78 is 2.00. The molecule has 0 fully saturated rings. The summed E-state index contributed by atoms with van der Waals surface area (Å²) >= 11 is 0. The van der Waals surface area contributed by atoms with Crippen molar-refractivity contribution < 1.29 is 4.79 Å². The van der Waals surface area contributed by atoms with Crippen LogP contribution in [0.15, 0.2) is 18.2 Å². The molecule has 0 aliphatic rings. The van der Waals surface area contributed by atoms with E-state index in [0.29, 0.717) is 5.82 Å². The maximum Gasteiger partial charge on any atom is 0.195 e. The third-order valence-corrected chi connectivity index (χ3v) is 2.68. The number of aromatic nitrogens is 2. The molecule has 0 amide bonds. The molecule has 16 heavy (non-hydrogen) atoms. The molecule has 2 rings (SSSR count). The number of hydrogen-bond acceptors (Lipinski definition) is 2. The van der Waals surface area contributed by atoms with E-state index in [1.165, 1.54) is 0 Å². The van der Waals surface area contributed by atoms with Gasteiger partial charge in [-0.25, -0.2) is 4.98 Å². The Labute approximate surface area is 95.1 Å². The molecule has 0 N–H and O–H groups in total. The summed E-state index contributed by atoms with van der Waals surface area (Å²) in [4.78, 5) is 15.9. The fourth-order valence-corrected chi connectivity index (χ4v) is 1.98. The van der Waals surface area contributed by atoms with Crippen molar-refractivity contribution in [1.29, 1.82) is 0 Å².